The maximum absolute atomic E-state index is 13.1. The van der Waals surface area contributed by atoms with Gasteiger partial charge in [0.1, 0.15) is 0 Å². The molecule has 102 valence electrons. The Labute approximate surface area is 113 Å². The molecule has 2 nitrogen and oxygen atoms in total. The van der Waals surface area contributed by atoms with E-state index in [0.717, 1.165) is 27.7 Å². The van der Waals surface area contributed by atoms with Gasteiger partial charge in [0.15, 0.2) is 17.5 Å². The summed E-state index contributed by atoms with van der Waals surface area (Å²) in [6.45, 7) is 5.63. The Morgan fingerprint density at radius 1 is 1.16 bits per heavy atom. The summed E-state index contributed by atoms with van der Waals surface area (Å²) >= 11 is 1.52. The molecular formula is C13H13F3N2S. The molecule has 1 aromatic carbocycles. The van der Waals surface area contributed by atoms with Crippen molar-refractivity contribution in [3.05, 3.63) is 45.2 Å². The van der Waals surface area contributed by atoms with Crippen LogP contribution in [0.25, 0.3) is 0 Å². The van der Waals surface area contributed by atoms with Crippen LogP contribution in [0.15, 0.2) is 12.1 Å². The lowest BCUT2D eigenvalue weighted by atomic mass is 10.2. The van der Waals surface area contributed by atoms with Crippen LogP contribution in [-0.4, -0.2) is 4.98 Å². The van der Waals surface area contributed by atoms with Gasteiger partial charge in [-0.1, -0.05) is 0 Å². The largest absolute Gasteiger partial charge is 0.377 e. The number of aryl methyl sites for hydroxylation is 2. The third-order valence-corrected chi connectivity index (χ3v) is 3.96. The molecule has 1 aromatic heterocycles. The zero-order valence-electron chi connectivity index (χ0n) is 10.7. The molecule has 0 bridgehead atoms. The number of anilines is 1. The number of thiazole rings is 1. The van der Waals surface area contributed by atoms with Gasteiger partial charge in [0.25, 0.3) is 0 Å². The summed E-state index contributed by atoms with van der Waals surface area (Å²) in [6, 6.07) is 1.73. The van der Waals surface area contributed by atoms with Crippen LogP contribution in [0.3, 0.4) is 0 Å². The minimum Gasteiger partial charge on any atom is -0.377 e. The average molecular weight is 286 g/mol. The van der Waals surface area contributed by atoms with Crippen LogP contribution in [0.2, 0.25) is 0 Å². The molecule has 0 aliphatic carbocycles. The van der Waals surface area contributed by atoms with Crippen molar-refractivity contribution < 1.29 is 13.2 Å². The third kappa shape index (κ3) is 2.89. The second-order valence-electron chi connectivity index (χ2n) is 4.30. The van der Waals surface area contributed by atoms with Gasteiger partial charge >= 0.3 is 0 Å². The summed E-state index contributed by atoms with van der Waals surface area (Å²) in [5.74, 6) is -3.86. The number of hydrogen-bond acceptors (Lipinski definition) is 3. The third-order valence-electron chi connectivity index (χ3n) is 2.70. The van der Waals surface area contributed by atoms with Crippen molar-refractivity contribution in [1.29, 1.82) is 0 Å². The quantitative estimate of drug-likeness (QED) is 0.848. The Morgan fingerprint density at radius 2 is 1.74 bits per heavy atom. The minimum absolute atomic E-state index is 0.157. The normalized spacial score (nSPS) is 12.5. The van der Waals surface area contributed by atoms with Crippen molar-refractivity contribution in [2.45, 2.75) is 26.8 Å². The first-order chi connectivity index (χ1) is 8.88. The van der Waals surface area contributed by atoms with Gasteiger partial charge in [0.2, 0.25) is 0 Å². The molecule has 2 rings (SSSR count). The molecule has 1 N–H and O–H groups in total. The summed E-state index contributed by atoms with van der Waals surface area (Å²) in [6.07, 6.45) is 0. The van der Waals surface area contributed by atoms with Crippen LogP contribution in [0, 0.1) is 31.3 Å². The van der Waals surface area contributed by atoms with Gasteiger partial charge in [-0.3, -0.25) is 0 Å². The van der Waals surface area contributed by atoms with Gasteiger partial charge in [-0.15, -0.1) is 11.3 Å². The first-order valence-electron chi connectivity index (χ1n) is 5.73. The van der Waals surface area contributed by atoms with Crippen LogP contribution in [0.1, 0.15) is 28.5 Å². The summed E-state index contributed by atoms with van der Waals surface area (Å²) in [5, 5.41) is 3.87. The van der Waals surface area contributed by atoms with Crippen molar-refractivity contribution in [3.8, 4) is 0 Å². The molecule has 1 heterocycles. The number of rotatable bonds is 3. The molecule has 2 aromatic rings. The lowest BCUT2D eigenvalue weighted by Crippen LogP contribution is -2.07. The molecule has 0 radical (unpaired) electrons. The SMILES string of the molecule is Cc1nc(C)c(C(C)Nc2cc(F)c(F)c(F)c2)s1. The summed E-state index contributed by atoms with van der Waals surface area (Å²) in [7, 11) is 0. The highest BCUT2D eigenvalue weighted by Gasteiger charge is 2.15. The van der Waals surface area contributed by atoms with Crippen molar-refractivity contribution in [2.24, 2.45) is 0 Å². The Hall–Kier alpha value is -1.56. The molecular weight excluding hydrogens is 273 g/mol. The summed E-state index contributed by atoms with van der Waals surface area (Å²) in [5.41, 5.74) is 1.08. The molecule has 0 amide bonds. The molecule has 1 atom stereocenters. The predicted octanol–water partition coefficient (Wildman–Crippen LogP) is 4.35. The number of nitrogens with zero attached hydrogens (tertiary/aromatic N) is 1. The van der Waals surface area contributed by atoms with Crippen molar-refractivity contribution >= 4 is 17.0 Å². The first-order valence-corrected chi connectivity index (χ1v) is 6.55. The Morgan fingerprint density at radius 3 is 2.21 bits per heavy atom. The fraction of sp³-hybridized carbons (Fsp3) is 0.308. The molecule has 19 heavy (non-hydrogen) atoms. The molecule has 0 aliphatic heterocycles. The van der Waals surface area contributed by atoms with Crippen LogP contribution in [0.4, 0.5) is 18.9 Å². The van der Waals surface area contributed by atoms with Gasteiger partial charge in [0.05, 0.1) is 16.7 Å². The zero-order valence-corrected chi connectivity index (χ0v) is 11.5. The lowest BCUT2D eigenvalue weighted by molar-refractivity contribution is 0.447. The molecule has 0 spiro atoms. The van der Waals surface area contributed by atoms with Gasteiger partial charge in [-0.25, -0.2) is 18.2 Å². The smallest absolute Gasteiger partial charge is 0.194 e. The molecule has 0 fully saturated rings. The fourth-order valence-corrected chi connectivity index (χ4v) is 2.83. The van der Waals surface area contributed by atoms with Crippen LogP contribution < -0.4 is 5.32 Å². The van der Waals surface area contributed by atoms with E-state index in [1.165, 1.54) is 11.3 Å². The van der Waals surface area contributed by atoms with E-state index >= 15 is 0 Å². The average Bonchev–Trinajstić information content (AvgIpc) is 2.65. The van der Waals surface area contributed by atoms with Crippen molar-refractivity contribution in [3.63, 3.8) is 0 Å². The minimum atomic E-state index is -1.46. The maximum atomic E-state index is 13.1. The second kappa shape index (κ2) is 5.21. The predicted molar refractivity (Wildman–Crippen MR) is 69.9 cm³/mol. The monoisotopic (exact) mass is 286 g/mol. The topological polar surface area (TPSA) is 24.9 Å². The van der Waals surface area contributed by atoms with E-state index < -0.39 is 17.5 Å². The van der Waals surface area contributed by atoms with Crippen LogP contribution in [0.5, 0.6) is 0 Å². The van der Waals surface area contributed by atoms with Crippen LogP contribution >= 0.6 is 11.3 Å². The van der Waals surface area contributed by atoms with E-state index in [2.05, 4.69) is 10.3 Å². The number of aromatic nitrogens is 1. The Bertz CT molecular complexity index is 587. The summed E-state index contributed by atoms with van der Waals surface area (Å²) in [4.78, 5) is 5.28. The lowest BCUT2D eigenvalue weighted by Gasteiger charge is -2.14. The number of nitrogens with one attached hydrogen (secondary N) is 1. The van der Waals surface area contributed by atoms with Gasteiger partial charge in [-0.05, 0) is 20.8 Å². The van der Waals surface area contributed by atoms with E-state index in [4.69, 9.17) is 0 Å². The highest BCUT2D eigenvalue weighted by Crippen LogP contribution is 2.28. The molecule has 0 aliphatic rings. The highest BCUT2D eigenvalue weighted by molar-refractivity contribution is 7.11. The van der Waals surface area contributed by atoms with E-state index in [9.17, 15) is 13.2 Å². The Balaban J connectivity index is 2.24. The number of hydrogen-bond donors (Lipinski definition) is 1. The zero-order chi connectivity index (χ0) is 14.2. The fourth-order valence-electron chi connectivity index (χ4n) is 1.90. The van der Waals surface area contributed by atoms with Crippen molar-refractivity contribution in [1.82, 2.24) is 4.98 Å². The van der Waals surface area contributed by atoms with Gasteiger partial charge in [0, 0.05) is 22.7 Å². The Kier molecular flexibility index (Phi) is 3.80. The second-order valence-corrected chi connectivity index (χ2v) is 5.54. The standard InChI is InChI=1S/C13H13F3N2S/c1-6-13(19-8(3)17-6)7(2)18-9-4-10(14)12(16)11(15)5-9/h4-5,7,18H,1-3H3. The number of halogens is 3. The van der Waals surface area contributed by atoms with E-state index in [1.54, 1.807) is 0 Å². The van der Waals surface area contributed by atoms with Gasteiger partial charge in [-0.2, -0.15) is 0 Å². The first kappa shape index (κ1) is 13.9. The molecule has 0 saturated heterocycles. The van der Waals surface area contributed by atoms with Crippen LogP contribution in [-0.2, 0) is 0 Å². The molecule has 0 saturated carbocycles. The van der Waals surface area contributed by atoms with E-state index in [0.29, 0.717) is 0 Å². The van der Waals surface area contributed by atoms with E-state index in [-0.39, 0.29) is 11.7 Å². The van der Waals surface area contributed by atoms with E-state index in [1.807, 2.05) is 20.8 Å². The molecule has 6 heteroatoms. The summed E-state index contributed by atoms with van der Waals surface area (Å²) < 4.78 is 39.1. The maximum Gasteiger partial charge on any atom is 0.194 e. The van der Waals surface area contributed by atoms with Crippen molar-refractivity contribution in [2.75, 3.05) is 5.32 Å². The van der Waals surface area contributed by atoms with Gasteiger partial charge < -0.3 is 5.32 Å². The number of benzene rings is 1. The highest BCUT2D eigenvalue weighted by atomic mass is 32.1. The molecule has 1 unspecified atom stereocenters.